The minimum Gasteiger partial charge on any atom is -0.373 e. The van der Waals surface area contributed by atoms with Crippen molar-refractivity contribution in [2.24, 2.45) is 0 Å². The van der Waals surface area contributed by atoms with Gasteiger partial charge in [0.2, 0.25) is 0 Å². The molecular weight excluding hydrogens is 239 g/mol. The maximum absolute atomic E-state index is 4.27. The van der Waals surface area contributed by atoms with E-state index in [2.05, 4.69) is 39.0 Å². The van der Waals surface area contributed by atoms with Crippen molar-refractivity contribution >= 4 is 28.4 Å². The van der Waals surface area contributed by atoms with E-state index in [0.29, 0.717) is 0 Å². The van der Waals surface area contributed by atoms with Crippen LogP contribution in [0.3, 0.4) is 0 Å². The number of nitrogens with one attached hydrogen (secondary N) is 1. The molecule has 0 spiro atoms. The molecule has 0 radical (unpaired) electrons. The second-order valence-electron chi connectivity index (χ2n) is 2.01. The van der Waals surface area contributed by atoms with Crippen molar-refractivity contribution < 1.29 is 0 Å². The molecule has 10 heavy (non-hydrogen) atoms. The topological polar surface area (TPSA) is 24.9 Å². The van der Waals surface area contributed by atoms with Crippen LogP contribution in [-0.2, 0) is 0 Å². The van der Waals surface area contributed by atoms with Crippen LogP contribution in [0.25, 0.3) is 0 Å². The zero-order chi connectivity index (χ0) is 7.56. The molecule has 0 aliphatic heterocycles. The molecule has 1 aromatic heterocycles. The van der Waals surface area contributed by atoms with Crippen LogP contribution in [0.1, 0.15) is 5.69 Å². The third-order valence-corrected chi connectivity index (χ3v) is 2.42. The van der Waals surface area contributed by atoms with Gasteiger partial charge in [0.05, 0.1) is 5.69 Å². The van der Waals surface area contributed by atoms with Crippen LogP contribution in [0, 0.1) is 10.5 Å². The molecule has 54 valence electrons. The molecule has 0 unspecified atom stereocenters. The molecule has 3 heteroatoms. The van der Waals surface area contributed by atoms with Crippen LogP contribution in [0.5, 0.6) is 0 Å². The van der Waals surface area contributed by atoms with Gasteiger partial charge in [-0.25, -0.2) is 4.98 Å². The highest BCUT2D eigenvalue weighted by Crippen LogP contribution is 2.11. The lowest BCUT2D eigenvalue weighted by atomic mass is 10.4. The van der Waals surface area contributed by atoms with Crippen molar-refractivity contribution in [3.8, 4) is 0 Å². The van der Waals surface area contributed by atoms with Gasteiger partial charge in [-0.15, -0.1) is 0 Å². The molecule has 0 saturated heterocycles. The summed E-state index contributed by atoms with van der Waals surface area (Å²) in [5, 5.41) is 2.98. The van der Waals surface area contributed by atoms with E-state index < -0.39 is 0 Å². The zero-order valence-corrected chi connectivity index (χ0v) is 8.14. The minimum atomic E-state index is 0.929. The summed E-state index contributed by atoms with van der Waals surface area (Å²) < 4.78 is 1.21. The molecule has 2 nitrogen and oxygen atoms in total. The van der Waals surface area contributed by atoms with E-state index in [0.717, 1.165) is 11.5 Å². The second kappa shape index (κ2) is 3.18. The van der Waals surface area contributed by atoms with E-state index in [1.807, 2.05) is 20.0 Å². The first-order valence-electron chi connectivity index (χ1n) is 3.05. The summed E-state index contributed by atoms with van der Waals surface area (Å²) in [6, 6.07) is 4.02. The lowest BCUT2D eigenvalue weighted by molar-refractivity contribution is 1.17. The fourth-order valence-electron chi connectivity index (χ4n) is 0.683. The summed E-state index contributed by atoms with van der Waals surface area (Å²) in [6.07, 6.45) is 0. The lowest BCUT2D eigenvalue weighted by Crippen LogP contribution is -1.94. The maximum Gasteiger partial charge on any atom is 0.126 e. The van der Waals surface area contributed by atoms with Gasteiger partial charge in [0.15, 0.2) is 0 Å². The first-order valence-corrected chi connectivity index (χ1v) is 4.13. The highest BCUT2D eigenvalue weighted by atomic mass is 127. The number of anilines is 1. The first-order chi connectivity index (χ1) is 4.74. The smallest absolute Gasteiger partial charge is 0.126 e. The van der Waals surface area contributed by atoms with Gasteiger partial charge in [-0.05, 0) is 41.6 Å². The molecule has 0 bridgehead atoms. The Morgan fingerprint density at radius 2 is 2.20 bits per heavy atom. The molecule has 0 saturated carbocycles. The molecule has 0 fully saturated rings. The van der Waals surface area contributed by atoms with Crippen LogP contribution < -0.4 is 5.32 Å². The Hall–Kier alpha value is -0.320. The van der Waals surface area contributed by atoms with Crippen molar-refractivity contribution in [2.75, 3.05) is 12.4 Å². The Balaban J connectivity index is 3.04. The second-order valence-corrected chi connectivity index (χ2v) is 3.18. The van der Waals surface area contributed by atoms with E-state index in [9.17, 15) is 0 Å². The highest BCUT2D eigenvalue weighted by Gasteiger charge is 1.94. The Bertz CT molecular complexity index is 235. The van der Waals surface area contributed by atoms with Gasteiger partial charge < -0.3 is 5.32 Å². The van der Waals surface area contributed by atoms with Crippen LogP contribution in [-0.4, -0.2) is 12.0 Å². The van der Waals surface area contributed by atoms with E-state index in [4.69, 9.17) is 0 Å². The fourth-order valence-corrected chi connectivity index (χ4v) is 0.984. The number of aromatic nitrogens is 1. The van der Waals surface area contributed by atoms with Crippen molar-refractivity contribution in [1.82, 2.24) is 4.98 Å². The SMILES string of the molecule is CNc1ccc(I)c(C)n1. The Morgan fingerprint density at radius 3 is 2.70 bits per heavy atom. The van der Waals surface area contributed by atoms with Gasteiger partial charge in [0.25, 0.3) is 0 Å². The number of pyridine rings is 1. The monoisotopic (exact) mass is 248 g/mol. The summed E-state index contributed by atoms with van der Waals surface area (Å²) >= 11 is 2.27. The van der Waals surface area contributed by atoms with Gasteiger partial charge in [-0.2, -0.15) is 0 Å². The van der Waals surface area contributed by atoms with Crippen molar-refractivity contribution in [3.05, 3.63) is 21.4 Å². The molecular formula is C7H9IN2. The average Bonchev–Trinajstić information content (AvgIpc) is 1.95. The van der Waals surface area contributed by atoms with E-state index in [1.165, 1.54) is 3.57 Å². The van der Waals surface area contributed by atoms with Crippen molar-refractivity contribution in [2.45, 2.75) is 6.92 Å². The number of rotatable bonds is 1. The standard InChI is InChI=1S/C7H9IN2/c1-5-6(8)3-4-7(9-2)10-5/h3-4H,1-2H3,(H,9,10). The van der Waals surface area contributed by atoms with Gasteiger partial charge in [0, 0.05) is 10.6 Å². The number of hydrogen-bond acceptors (Lipinski definition) is 2. The number of nitrogens with zero attached hydrogens (tertiary/aromatic N) is 1. The number of aryl methyl sites for hydroxylation is 1. The number of halogens is 1. The summed E-state index contributed by atoms with van der Waals surface area (Å²) in [4.78, 5) is 4.27. The zero-order valence-electron chi connectivity index (χ0n) is 5.98. The molecule has 0 aliphatic rings. The third kappa shape index (κ3) is 1.59. The highest BCUT2D eigenvalue weighted by molar-refractivity contribution is 14.1. The Kier molecular flexibility index (Phi) is 2.48. The summed E-state index contributed by atoms with van der Waals surface area (Å²) in [5.41, 5.74) is 1.08. The van der Waals surface area contributed by atoms with E-state index >= 15 is 0 Å². The van der Waals surface area contributed by atoms with Gasteiger partial charge >= 0.3 is 0 Å². The summed E-state index contributed by atoms with van der Waals surface area (Å²) in [6.45, 7) is 2.00. The molecule has 0 atom stereocenters. The quantitative estimate of drug-likeness (QED) is 0.769. The van der Waals surface area contributed by atoms with Gasteiger partial charge in [-0.1, -0.05) is 0 Å². The molecule has 1 rings (SSSR count). The predicted octanol–water partition coefficient (Wildman–Crippen LogP) is 2.04. The van der Waals surface area contributed by atoms with Crippen molar-refractivity contribution in [3.63, 3.8) is 0 Å². The van der Waals surface area contributed by atoms with Crippen LogP contribution >= 0.6 is 22.6 Å². The molecule has 1 heterocycles. The Morgan fingerprint density at radius 1 is 1.50 bits per heavy atom. The van der Waals surface area contributed by atoms with Crippen LogP contribution in [0.2, 0.25) is 0 Å². The molecule has 1 N–H and O–H groups in total. The lowest BCUT2D eigenvalue weighted by Gasteiger charge is -2.00. The first kappa shape index (κ1) is 7.78. The van der Waals surface area contributed by atoms with Crippen molar-refractivity contribution in [1.29, 1.82) is 0 Å². The fraction of sp³-hybridized carbons (Fsp3) is 0.286. The average molecular weight is 248 g/mol. The maximum atomic E-state index is 4.27. The molecule has 0 aliphatic carbocycles. The molecule has 0 aromatic carbocycles. The normalized spacial score (nSPS) is 9.50. The molecule has 1 aromatic rings. The number of hydrogen-bond donors (Lipinski definition) is 1. The summed E-state index contributed by atoms with van der Waals surface area (Å²) in [5.74, 6) is 0.929. The van der Waals surface area contributed by atoms with Crippen LogP contribution in [0.4, 0.5) is 5.82 Å². The Labute approximate surface area is 74.2 Å². The van der Waals surface area contributed by atoms with Gasteiger partial charge in [0.1, 0.15) is 5.82 Å². The van der Waals surface area contributed by atoms with E-state index in [1.54, 1.807) is 0 Å². The summed E-state index contributed by atoms with van der Waals surface area (Å²) in [7, 11) is 1.87. The third-order valence-electron chi connectivity index (χ3n) is 1.28. The van der Waals surface area contributed by atoms with E-state index in [-0.39, 0.29) is 0 Å². The van der Waals surface area contributed by atoms with Crippen LogP contribution in [0.15, 0.2) is 12.1 Å². The van der Waals surface area contributed by atoms with Gasteiger partial charge in [-0.3, -0.25) is 0 Å². The molecule has 0 amide bonds. The largest absolute Gasteiger partial charge is 0.373 e. The predicted molar refractivity (Wildman–Crippen MR) is 51.2 cm³/mol. The minimum absolute atomic E-state index is 0.929.